The number of furan rings is 1. The van der Waals surface area contributed by atoms with Crippen molar-refractivity contribution in [3.05, 3.63) is 88.6 Å². The zero-order valence-electron chi connectivity index (χ0n) is 17.1. The van der Waals surface area contributed by atoms with Gasteiger partial charge in [0.2, 0.25) is 5.78 Å². The molecule has 1 atom stereocenters. The van der Waals surface area contributed by atoms with Gasteiger partial charge in [-0.1, -0.05) is 29.8 Å². The summed E-state index contributed by atoms with van der Waals surface area (Å²) in [5.74, 6) is 0.0994. The molecule has 0 saturated heterocycles. The van der Waals surface area contributed by atoms with E-state index < -0.39 is 12.1 Å². The Kier molecular flexibility index (Phi) is 6.17. The van der Waals surface area contributed by atoms with Gasteiger partial charge in [-0.3, -0.25) is 4.79 Å². The van der Waals surface area contributed by atoms with Crippen LogP contribution in [0.5, 0.6) is 0 Å². The fraction of sp³-hybridized carbons (Fsp3) is 0.250. The Bertz CT molecular complexity index is 1020. The Balaban J connectivity index is 1.64. The van der Waals surface area contributed by atoms with Gasteiger partial charge in [-0.25, -0.2) is 4.79 Å². The number of hydrogen-bond donors (Lipinski definition) is 0. The highest BCUT2D eigenvalue weighted by Crippen LogP contribution is 2.19. The summed E-state index contributed by atoms with van der Waals surface area (Å²) in [6.07, 6.45) is 3.88. The molecule has 0 spiro atoms. The maximum atomic E-state index is 12.4. The van der Waals surface area contributed by atoms with Crippen molar-refractivity contribution in [2.24, 2.45) is 0 Å². The third-order valence-corrected chi connectivity index (χ3v) is 4.90. The molecule has 0 fully saturated rings. The van der Waals surface area contributed by atoms with E-state index in [0.717, 1.165) is 28.3 Å². The predicted molar refractivity (Wildman–Crippen MR) is 112 cm³/mol. The number of rotatable bonds is 7. The molecule has 0 aliphatic rings. The Morgan fingerprint density at radius 2 is 1.86 bits per heavy atom. The van der Waals surface area contributed by atoms with E-state index in [9.17, 15) is 9.59 Å². The normalized spacial score (nSPS) is 12.3. The van der Waals surface area contributed by atoms with Crippen molar-refractivity contribution in [1.29, 1.82) is 0 Å². The van der Waals surface area contributed by atoms with Crippen LogP contribution in [-0.2, 0) is 16.1 Å². The minimum absolute atomic E-state index is 0.219. The van der Waals surface area contributed by atoms with Gasteiger partial charge in [-0.05, 0) is 57.5 Å². The van der Waals surface area contributed by atoms with Gasteiger partial charge in [-0.15, -0.1) is 0 Å². The Hall–Kier alpha value is -3.34. The Labute approximate surface area is 170 Å². The van der Waals surface area contributed by atoms with Crippen LogP contribution in [0.15, 0.2) is 59.2 Å². The molecule has 0 amide bonds. The molecule has 29 heavy (non-hydrogen) atoms. The lowest BCUT2D eigenvalue weighted by Crippen LogP contribution is -2.23. The zero-order valence-corrected chi connectivity index (χ0v) is 17.1. The Morgan fingerprint density at radius 1 is 1.14 bits per heavy atom. The topological polar surface area (TPSA) is 61.4 Å². The van der Waals surface area contributed by atoms with Gasteiger partial charge < -0.3 is 13.7 Å². The largest absolute Gasteiger partial charge is 0.467 e. The number of carbonyl (C=O) groups is 2. The van der Waals surface area contributed by atoms with Crippen molar-refractivity contribution < 1.29 is 18.7 Å². The number of carbonyl (C=O) groups excluding carboxylic acids is 2. The summed E-state index contributed by atoms with van der Waals surface area (Å²) >= 11 is 0. The van der Waals surface area contributed by atoms with E-state index >= 15 is 0 Å². The number of nitrogens with zero attached hydrogens (tertiary/aromatic N) is 1. The molecule has 0 aliphatic carbocycles. The monoisotopic (exact) mass is 391 g/mol. The second-order valence-corrected chi connectivity index (χ2v) is 7.13. The average Bonchev–Trinajstić information content (AvgIpc) is 3.30. The van der Waals surface area contributed by atoms with Crippen LogP contribution >= 0.6 is 0 Å². The van der Waals surface area contributed by atoms with Crippen LogP contribution in [0.4, 0.5) is 0 Å². The third-order valence-electron chi connectivity index (χ3n) is 4.90. The highest BCUT2D eigenvalue weighted by Gasteiger charge is 2.18. The minimum atomic E-state index is -0.846. The molecule has 0 radical (unpaired) electrons. The number of Topliss-reactive ketones (excluding diaryl/α,β-unsaturated/α-hetero) is 1. The van der Waals surface area contributed by atoms with E-state index in [2.05, 4.69) is 4.57 Å². The van der Waals surface area contributed by atoms with Crippen molar-refractivity contribution >= 4 is 17.8 Å². The molecule has 0 N–H and O–H groups in total. The SMILES string of the molecule is Cc1ccc(C(=O)C(C)OC(=O)/C=C/c2cc(C)n(Cc3ccco3)c2C)cc1. The van der Waals surface area contributed by atoms with Crippen LogP contribution in [0.1, 0.15) is 45.6 Å². The molecule has 0 aliphatic heterocycles. The van der Waals surface area contributed by atoms with Gasteiger partial charge in [-0.2, -0.15) is 0 Å². The first kappa shape index (κ1) is 20.4. The molecule has 0 bridgehead atoms. The fourth-order valence-corrected chi connectivity index (χ4v) is 3.18. The number of ketones is 1. The highest BCUT2D eigenvalue weighted by molar-refractivity contribution is 6.01. The third kappa shape index (κ3) is 4.93. The number of aromatic nitrogens is 1. The van der Waals surface area contributed by atoms with Gasteiger partial charge in [0.1, 0.15) is 5.76 Å². The van der Waals surface area contributed by atoms with Crippen molar-refractivity contribution in [1.82, 2.24) is 4.57 Å². The summed E-state index contributed by atoms with van der Waals surface area (Å²) in [7, 11) is 0. The number of benzene rings is 1. The highest BCUT2D eigenvalue weighted by atomic mass is 16.5. The molecule has 150 valence electrons. The van der Waals surface area contributed by atoms with Crippen molar-refractivity contribution in [3.8, 4) is 0 Å². The second kappa shape index (κ2) is 8.78. The summed E-state index contributed by atoms with van der Waals surface area (Å²) in [5.41, 5.74) is 4.60. The first-order valence-electron chi connectivity index (χ1n) is 9.54. The standard InChI is InChI=1S/C24H25NO4/c1-16-7-9-20(10-8-16)24(27)19(4)29-23(26)12-11-21-14-17(2)25(18(21)3)15-22-6-5-13-28-22/h5-14,19H,15H2,1-4H3/b12-11+. The summed E-state index contributed by atoms with van der Waals surface area (Å²) in [6.45, 7) is 8.17. The van der Waals surface area contributed by atoms with Crippen LogP contribution in [0.25, 0.3) is 6.08 Å². The van der Waals surface area contributed by atoms with Gasteiger partial charge in [0.15, 0.2) is 6.10 Å². The molecule has 5 heteroatoms. The molecule has 5 nitrogen and oxygen atoms in total. The van der Waals surface area contributed by atoms with Gasteiger partial charge in [0.05, 0.1) is 12.8 Å². The minimum Gasteiger partial charge on any atom is -0.467 e. The molecule has 0 saturated carbocycles. The molecule has 3 aromatic rings. The van der Waals surface area contributed by atoms with Crippen LogP contribution in [0.2, 0.25) is 0 Å². The number of ether oxygens (including phenoxy) is 1. The van der Waals surface area contributed by atoms with E-state index in [4.69, 9.17) is 9.15 Å². The molecular weight excluding hydrogens is 366 g/mol. The van der Waals surface area contributed by atoms with E-state index in [1.165, 1.54) is 6.08 Å². The first-order chi connectivity index (χ1) is 13.8. The maximum absolute atomic E-state index is 12.4. The Morgan fingerprint density at radius 3 is 2.52 bits per heavy atom. The van der Waals surface area contributed by atoms with Crippen molar-refractivity contribution in [2.75, 3.05) is 0 Å². The lowest BCUT2D eigenvalue weighted by molar-refractivity contribution is -0.140. The van der Waals surface area contributed by atoms with Crippen LogP contribution in [0.3, 0.4) is 0 Å². The van der Waals surface area contributed by atoms with Gasteiger partial charge in [0, 0.05) is 23.0 Å². The molecule has 2 aromatic heterocycles. The van der Waals surface area contributed by atoms with Crippen LogP contribution < -0.4 is 0 Å². The quantitative estimate of drug-likeness (QED) is 0.327. The predicted octanol–water partition coefficient (Wildman–Crippen LogP) is 4.88. The van der Waals surface area contributed by atoms with E-state index in [-0.39, 0.29) is 5.78 Å². The molecule has 3 rings (SSSR count). The van der Waals surface area contributed by atoms with Crippen molar-refractivity contribution in [2.45, 2.75) is 40.3 Å². The molecule has 1 unspecified atom stereocenters. The zero-order chi connectivity index (χ0) is 21.0. The summed E-state index contributed by atoms with van der Waals surface area (Å²) in [4.78, 5) is 24.6. The number of hydrogen-bond acceptors (Lipinski definition) is 4. The first-order valence-corrected chi connectivity index (χ1v) is 9.54. The van der Waals surface area contributed by atoms with E-state index in [0.29, 0.717) is 12.1 Å². The molecule has 1 aromatic carbocycles. The van der Waals surface area contributed by atoms with E-state index in [1.807, 2.05) is 51.1 Å². The number of esters is 1. The number of aryl methyl sites for hydroxylation is 2. The van der Waals surface area contributed by atoms with Crippen molar-refractivity contribution in [3.63, 3.8) is 0 Å². The summed E-state index contributed by atoms with van der Waals surface area (Å²) in [6, 6.07) is 13.0. The molecule has 2 heterocycles. The summed E-state index contributed by atoms with van der Waals surface area (Å²) < 4.78 is 12.8. The second-order valence-electron chi connectivity index (χ2n) is 7.13. The lowest BCUT2D eigenvalue weighted by atomic mass is 10.1. The average molecular weight is 391 g/mol. The van der Waals surface area contributed by atoms with Gasteiger partial charge in [0.25, 0.3) is 0 Å². The lowest BCUT2D eigenvalue weighted by Gasteiger charge is -2.11. The van der Waals surface area contributed by atoms with E-state index in [1.54, 1.807) is 31.4 Å². The summed E-state index contributed by atoms with van der Waals surface area (Å²) in [5, 5.41) is 0. The van der Waals surface area contributed by atoms with Gasteiger partial charge >= 0.3 is 5.97 Å². The fourth-order valence-electron chi connectivity index (χ4n) is 3.18. The molecular formula is C24H25NO4. The van der Waals surface area contributed by atoms with Crippen LogP contribution in [-0.4, -0.2) is 22.4 Å². The van der Waals surface area contributed by atoms with Crippen LogP contribution in [0, 0.1) is 20.8 Å². The maximum Gasteiger partial charge on any atom is 0.331 e. The smallest absolute Gasteiger partial charge is 0.331 e.